The quantitative estimate of drug-likeness (QED) is 0.377. The van der Waals surface area contributed by atoms with Gasteiger partial charge in [0.25, 0.3) is 0 Å². The van der Waals surface area contributed by atoms with Crippen molar-refractivity contribution in [1.82, 2.24) is 0 Å². The summed E-state index contributed by atoms with van der Waals surface area (Å²) in [7, 11) is 0. The predicted molar refractivity (Wildman–Crippen MR) is 115 cm³/mol. The van der Waals surface area contributed by atoms with Gasteiger partial charge in [0.1, 0.15) is 12.4 Å². The Bertz CT molecular complexity index is 783. The fourth-order valence-corrected chi connectivity index (χ4v) is 3.74. The van der Waals surface area contributed by atoms with Crippen molar-refractivity contribution in [3.8, 4) is 5.75 Å². The Hall–Kier alpha value is -1.92. The largest absolute Gasteiger partial charge is 0.488 e. The molecule has 152 valence electrons. The lowest BCUT2D eigenvalue weighted by Gasteiger charge is -2.19. The van der Waals surface area contributed by atoms with Crippen molar-refractivity contribution >= 4 is 16.9 Å². The normalized spacial score (nSPS) is 12.9. The second-order valence-corrected chi connectivity index (χ2v) is 7.88. The molecule has 2 aromatic rings. The molecule has 3 N–H and O–H groups in total. The molecule has 28 heavy (non-hydrogen) atoms. The molecule has 0 fully saturated rings. The molecule has 0 aliphatic carbocycles. The highest BCUT2D eigenvalue weighted by molar-refractivity contribution is 7.13. The maximum absolute atomic E-state index is 10.4. The van der Waals surface area contributed by atoms with Crippen LogP contribution in [0.25, 0.3) is 5.57 Å². The molecular formula is C23H30O4S. The van der Waals surface area contributed by atoms with Gasteiger partial charge in [0.15, 0.2) is 6.29 Å². The first-order valence-corrected chi connectivity index (χ1v) is 10.5. The highest BCUT2D eigenvalue weighted by Gasteiger charge is 2.16. The van der Waals surface area contributed by atoms with Gasteiger partial charge >= 0.3 is 0 Å². The summed E-state index contributed by atoms with van der Waals surface area (Å²) in [6, 6.07) is 10.9. The standard InChI is InChI=1S/C23H30O4S/c1-4-17(8-7-15-23(26,5-2)6-3)21-14-13-20(28-21)16-27-19-11-9-18(10-12-19)22(24)25/h7-15,22,24-26H,4-6,16H2,1-3H3. The molecular weight excluding hydrogens is 372 g/mol. The van der Waals surface area contributed by atoms with Crippen LogP contribution in [0.1, 0.15) is 61.6 Å². The van der Waals surface area contributed by atoms with Crippen LogP contribution in [-0.4, -0.2) is 20.9 Å². The maximum atomic E-state index is 10.4. The number of aliphatic hydroxyl groups is 3. The van der Waals surface area contributed by atoms with Crippen LogP contribution in [0.3, 0.4) is 0 Å². The van der Waals surface area contributed by atoms with Crippen LogP contribution in [-0.2, 0) is 6.61 Å². The number of aliphatic hydroxyl groups excluding tert-OH is 1. The Morgan fingerprint density at radius 3 is 2.32 bits per heavy atom. The van der Waals surface area contributed by atoms with Crippen LogP contribution in [0.2, 0.25) is 0 Å². The van der Waals surface area contributed by atoms with E-state index in [0.717, 1.165) is 11.3 Å². The van der Waals surface area contributed by atoms with E-state index in [1.807, 2.05) is 26.0 Å². The van der Waals surface area contributed by atoms with Crippen molar-refractivity contribution in [3.63, 3.8) is 0 Å². The first-order chi connectivity index (χ1) is 13.4. The Morgan fingerprint density at radius 2 is 1.75 bits per heavy atom. The monoisotopic (exact) mass is 402 g/mol. The summed E-state index contributed by atoms with van der Waals surface area (Å²) in [5, 5.41) is 28.6. The Balaban J connectivity index is 2.01. The van der Waals surface area contributed by atoms with E-state index in [4.69, 9.17) is 14.9 Å². The zero-order valence-electron chi connectivity index (χ0n) is 16.8. The van der Waals surface area contributed by atoms with E-state index in [-0.39, 0.29) is 0 Å². The molecule has 1 heterocycles. The summed E-state index contributed by atoms with van der Waals surface area (Å²) >= 11 is 1.69. The highest BCUT2D eigenvalue weighted by atomic mass is 32.1. The molecule has 2 rings (SSSR count). The molecule has 0 atom stereocenters. The molecule has 0 amide bonds. The summed E-state index contributed by atoms with van der Waals surface area (Å²) < 4.78 is 5.79. The Labute approximate surface area is 171 Å². The molecule has 0 aliphatic rings. The van der Waals surface area contributed by atoms with E-state index in [1.165, 1.54) is 10.5 Å². The van der Waals surface area contributed by atoms with E-state index >= 15 is 0 Å². The lowest BCUT2D eigenvalue weighted by atomic mass is 9.97. The third-order valence-electron chi connectivity index (χ3n) is 4.85. The van der Waals surface area contributed by atoms with Crippen molar-refractivity contribution in [2.45, 2.75) is 58.5 Å². The minimum absolute atomic E-state index is 0.439. The van der Waals surface area contributed by atoms with Gasteiger partial charge < -0.3 is 20.1 Å². The van der Waals surface area contributed by atoms with Gasteiger partial charge in [-0.05, 0) is 49.1 Å². The van der Waals surface area contributed by atoms with Crippen molar-refractivity contribution in [2.75, 3.05) is 0 Å². The SMILES string of the molecule is CCC(=CC=CC(O)(CC)CC)c1ccc(COc2ccc(C(O)O)cc2)s1. The summed E-state index contributed by atoms with van der Waals surface area (Å²) in [4.78, 5) is 2.31. The molecule has 0 saturated heterocycles. The molecule has 0 bridgehead atoms. The molecule has 0 unspecified atom stereocenters. The topological polar surface area (TPSA) is 69.9 Å². The van der Waals surface area contributed by atoms with Crippen LogP contribution < -0.4 is 4.74 Å². The van der Waals surface area contributed by atoms with Gasteiger partial charge in [-0.15, -0.1) is 11.3 Å². The Kier molecular flexibility index (Phi) is 8.45. The van der Waals surface area contributed by atoms with Crippen LogP contribution >= 0.6 is 11.3 Å². The van der Waals surface area contributed by atoms with Gasteiger partial charge in [-0.3, -0.25) is 0 Å². The zero-order chi connectivity index (χ0) is 20.6. The molecule has 0 radical (unpaired) electrons. The molecule has 0 saturated carbocycles. The van der Waals surface area contributed by atoms with Crippen molar-refractivity contribution in [2.24, 2.45) is 0 Å². The third-order valence-corrected chi connectivity index (χ3v) is 5.98. The molecule has 1 aromatic carbocycles. The van der Waals surface area contributed by atoms with Crippen LogP contribution in [0.4, 0.5) is 0 Å². The number of hydrogen-bond acceptors (Lipinski definition) is 5. The van der Waals surface area contributed by atoms with E-state index in [1.54, 1.807) is 35.6 Å². The lowest BCUT2D eigenvalue weighted by Crippen LogP contribution is -2.22. The number of allylic oxidation sites excluding steroid dienone is 3. The average Bonchev–Trinajstić information content (AvgIpc) is 3.18. The third kappa shape index (κ3) is 6.31. The molecule has 5 heteroatoms. The molecule has 4 nitrogen and oxygen atoms in total. The Morgan fingerprint density at radius 1 is 1.07 bits per heavy atom. The van der Waals surface area contributed by atoms with Crippen LogP contribution in [0.15, 0.2) is 54.6 Å². The van der Waals surface area contributed by atoms with Gasteiger partial charge in [-0.2, -0.15) is 0 Å². The van der Waals surface area contributed by atoms with E-state index in [2.05, 4.69) is 25.1 Å². The minimum Gasteiger partial charge on any atom is -0.488 e. The second-order valence-electron chi connectivity index (χ2n) is 6.71. The van der Waals surface area contributed by atoms with Crippen molar-refractivity contribution in [3.05, 3.63) is 69.9 Å². The minimum atomic E-state index is -1.46. The first kappa shape index (κ1) is 22.4. The molecule has 0 spiro atoms. The van der Waals surface area contributed by atoms with Gasteiger partial charge in [0.05, 0.1) is 5.60 Å². The second kappa shape index (κ2) is 10.6. The van der Waals surface area contributed by atoms with Crippen molar-refractivity contribution < 1.29 is 20.1 Å². The van der Waals surface area contributed by atoms with E-state index in [9.17, 15) is 5.11 Å². The zero-order valence-corrected chi connectivity index (χ0v) is 17.6. The highest BCUT2D eigenvalue weighted by Crippen LogP contribution is 2.28. The lowest BCUT2D eigenvalue weighted by molar-refractivity contribution is -0.0425. The fraction of sp³-hybridized carbons (Fsp3) is 0.391. The van der Waals surface area contributed by atoms with Crippen LogP contribution in [0, 0.1) is 0 Å². The predicted octanol–water partition coefficient (Wildman–Crippen LogP) is 5.21. The van der Waals surface area contributed by atoms with Gasteiger partial charge in [-0.1, -0.05) is 51.1 Å². The fourth-order valence-electron chi connectivity index (χ4n) is 2.72. The van der Waals surface area contributed by atoms with E-state index < -0.39 is 11.9 Å². The van der Waals surface area contributed by atoms with Crippen molar-refractivity contribution in [1.29, 1.82) is 0 Å². The summed E-state index contributed by atoms with van der Waals surface area (Å²) in [5.74, 6) is 0.687. The van der Waals surface area contributed by atoms with Gasteiger partial charge in [0, 0.05) is 15.3 Å². The summed E-state index contributed by atoms with van der Waals surface area (Å²) in [5.41, 5.74) is 0.934. The number of ether oxygens (including phenoxy) is 1. The number of hydrogen-bond donors (Lipinski definition) is 3. The van der Waals surface area contributed by atoms with E-state index in [0.29, 0.717) is 30.8 Å². The first-order valence-electron chi connectivity index (χ1n) is 9.69. The number of thiophene rings is 1. The van der Waals surface area contributed by atoms with Gasteiger partial charge in [-0.25, -0.2) is 0 Å². The summed E-state index contributed by atoms with van der Waals surface area (Å²) in [6.07, 6.45) is 6.76. The van der Waals surface area contributed by atoms with Gasteiger partial charge in [0.2, 0.25) is 0 Å². The molecule has 1 aromatic heterocycles. The average molecular weight is 403 g/mol. The van der Waals surface area contributed by atoms with Crippen LogP contribution in [0.5, 0.6) is 5.75 Å². The number of rotatable bonds is 10. The molecule has 0 aliphatic heterocycles. The number of benzene rings is 1. The smallest absolute Gasteiger partial charge is 0.178 e. The summed E-state index contributed by atoms with van der Waals surface area (Å²) in [6.45, 7) is 6.56. The maximum Gasteiger partial charge on any atom is 0.178 e.